The fourth-order valence-electron chi connectivity index (χ4n) is 3.35. The van der Waals surface area contributed by atoms with E-state index < -0.39 is 0 Å². The summed E-state index contributed by atoms with van der Waals surface area (Å²) in [5.74, 6) is 0.734. The molecule has 0 aliphatic carbocycles. The second kappa shape index (κ2) is 7.64. The molecule has 0 spiro atoms. The fourth-order valence-corrected chi connectivity index (χ4v) is 3.35. The summed E-state index contributed by atoms with van der Waals surface area (Å²) >= 11 is 0. The van der Waals surface area contributed by atoms with Crippen LogP contribution in [0, 0.1) is 6.92 Å². The lowest BCUT2D eigenvalue weighted by molar-refractivity contribution is 0.0935. The van der Waals surface area contributed by atoms with Gasteiger partial charge in [0.15, 0.2) is 0 Å². The molecular formula is C21H22N6O. The highest BCUT2D eigenvalue weighted by Crippen LogP contribution is 2.17. The van der Waals surface area contributed by atoms with Crippen molar-refractivity contribution in [1.82, 2.24) is 30.0 Å². The molecule has 3 aromatic heterocycles. The van der Waals surface area contributed by atoms with Crippen molar-refractivity contribution < 1.29 is 4.79 Å². The van der Waals surface area contributed by atoms with Crippen LogP contribution in [-0.4, -0.2) is 36.7 Å². The van der Waals surface area contributed by atoms with Gasteiger partial charge in [-0.1, -0.05) is 18.2 Å². The summed E-state index contributed by atoms with van der Waals surface area (Å²) in [7, 11) is 0. The lowest BCUT2D eigenvalue weighted by Gasteiger charge is -2.12. The van der Waals surface area contributed by atoms with E-state index in [4.69, 9.17) is 0 Å². The average Bonchev–Trinajstić information content (AvgIpc) is 3.28. The number of nitrogens with zero attached hydrogens (tertiary/aromatic N) is 4. The Morgan fingerprint density at radius 3 is 2.93 bits per heavy atom. The number of aromatic nitrogens is 5. The number of H-pyrrole nitrogens is 1. The first-order valence-electron chi connectivity index (χ1n) is 9.26. The Kier molecular flexibility index (Phi) is 4.89. The highest BCUT2D eigenvalue weighted by atomic mass is 16.2. The quantitative estimate of drug-likeness (QED) is 0.543. The zero-order valence-electron chi connectivity index (χ0n) is 15.9. The highest BCUT2D eigenvalue weighted by Gasteiger charge is 2.15. The Hall–Kier alpha value is -3.48. The van der Waals surface area contributed by atoms with E-state index in [1.807, 2.05) is 56.4 Å². The van der Waals surface area contributed by atoms with Crippen LogP contribution in [0.3, 0.4) is 0 Å². The number of aryl methyl sites for hydroxylation is 1. The average molecular weight is 374 g/mol. The zero-order valence-corrected chi connectivity index (χ0v) is 15.9. The maximum atomic E-state index is 12.5. The molecule has 0 bridgehead atoms. The summed E-state index contributed by atoms with van der Waals surface area (Å²) in [6.45, 7) is 4.53. The molecule has 2 N–H and O–H groups in total. The van der Waals surface area contributed by atoms with E-state index in [0.29, 0.717) is 12.2 Å². The second-order valence-electron chi connectivity index (χ2n) is 6.95. The van der Waals surface area contributed by atoms with Gasteiger partial charge in [0.2, 0.25) is 0 Å². The number of carbonyl (C=O) groups excluding carboxylic acids is 1. The molecule has 3 heterocycles. The molecule has 4 aromatic rings. The third-order valence-electron chi connectivity index (χ3n) is 4.68. The van der Waals surface area contributed by atoms with Crippen LogP contribution in [0.4, 0.5) is 0 Å². The first-order valence-corrected chi connectivity index (χ1v) is 9.26. The van der Waals surface area contributed by atoms with Gasteiger partial charge in [-0.15, -0.1) is 0 Å². The minimum atomic E-state index is -0.189. The molecule has 0 fully saturated rings. The molecule has 1 atom stereocenters. The van der Waals surface area contributed by atoms with Crippen LogP contribution in [0.25, 0.3) is 11.0 Å². The molecule has 7 heteroatoms. The molecule has 0 aliphatic heterocycles. The summed E-state index contributed by atoms with van der Waals surface area (Å²) < 4.78 is 2.11. The SMILES string of the molecule is Cc1nc2ccccc2n1Cc1cc(C(=O)N[C@H](C)Cc2cccnc2)n[nH]1. The number of para-hydroxylation sites is 2. The summed E-state index contributed by atoms with van der Waals surface area (Å²) in [5, 5.41) is 10.1. The maximum absolute atomic E-state index is 12.5. The van der Waals surface area contributed by atoms with Crippen molar-refractivity contribution in [3.05, 3.63) is 77.6 Å². The van der Waals surface area contributed by atoms with Crippen molar-refractivity contribution in [2.45, 2.75) is 32.9 Å². The number of nitrogens with one attached hydrogen (secondary N) is 2. The minimum absolute atomic E-state index is 0.0170. The molecule has 0 radical (unpaired) electrons. The van der Waals surface area contributed by atoms with Gasteiger partial charge in [0.05, 0.1) is 23.3 Å². The Bertz CT molecular complexity index is 1100. The molecule has 0 aliphatic rings. The summed E-state index contributed by atoms with van der Waals surface area (Å²) in [6, 6.07) is 13.7. The van der Waals surface area contributed by atoms with Crippen LogP contribution in [0.5, 0.6) is 0 Å². The normalized spacial score (nSPS) is 12.2. The number of fused-ring (bicyclic) bond motifs is 1. The third-order valence-corrected chi connectivity index (χ3v) is 4.68. The van der Waals surface area contributed by atoms with Gasteiger partial charge < -0.3 is 9.88 Å². The van der Waals surface area contributed by atoms with Crippen LogP contribution >= 0.6 is 0 Å². The molecule has 4 rings (SSSR count). The van der Waals surface area contributed by atoms with E-state index in [0.717, 1.165) is 34.5 Å². The zero-order chi connectivity index (χ0) is 19.5. The van der Waals surface area contributed by atoms with Gasteiger partial charge in [-0.2, -0.15) is 5.10 Å². The van der Waals surface area contributed by atoms with Crippen molar-refractivity contribution in [3.63, 3.8) is 0 Å². The molecule has 1 aromatic carbocycles. The fraction of sp³-hybridized carbons (Fsp3) is 0.238. The summed E-state index contributed by atoms with van der Waals surface area (Å²) in [6.07, 6.45) is 4.27. The number of rotatable bonds is 6. The van der Waals surface area contributed by atoms with Crippen molar-refractivity contribution in [1.29, 1.82) is 0 Å². The van der Waals surface area contributed by atoms with Crippen LogP contribution < -0.4 is 5.32 Å². The maximum Gasteiger partial charge on any atom is 0.271 e. The van der Waals surface area contributed by atoms with Crippen LogP contribution in [0.15, 0.2) is 54.9 Å². The third kappa shape index (κ3) is 3.78. The number of hydrogen-bond donors (Lipinski definition) is 2. The van der Waals surface area contributed by atoms with Gasteiger partial charge in [0, 0.05) is 18.4 Å². The van der Waals surface area contributed by atoms with Crippen LogP contribution in [0.2, 0.25) is 0 Å². The van der Waals surface area contributed by atoms with Crippen molar-refractivity contribution >= 4 is 16.9 Å². The topological polar surface area (TPSA) is 88.5 Å². The molecule has 28 heavy (non-hydrogen) atoms. The van der Waals surface area contributed by atoms with E-state index in [-0.39, 0.29) is 11.9 Å². The van der Waals surface area contributed by atoms with E-state index in [1.54, 1.807) is 12.3 Å². The van der Waals surface area contributed by atoms with Crippen molar-refractivity contribution in [2.24, 2.45) is 0 Å². The number of imidazole rings is 1. The minimum Gasteiger partial charge on any atom is -0.348 e. The van der Waals surface area contributed by atoms with Crippen LogP contribution in [-0.2, 0) is 13.0 Å². The Balaban J connectivity index is 1.43. The molecule has 0 unspecified atom stereocenters. The van der Waals surface area contributed by atoms with Gasteiger partial charge in [0.1, 0.15) is 11.5 Å². The molecule has 0 saturated carbocycles. The second-order valence-corrected chi connectivity index (χ2v) is 6.95. The van der Waals surface area contributed by atoms with Crippen molar-refractivity contribution in [2.75, 3.05) is 0 Å². The molecule has 7 nitrogen and oxygen atoms in total. The van der Waals surface area contributed by atoms with Crippen LogP contribution in [0.1, 0.15) is 34.5 Å². The monoisotopic (exact) mass is 374 g/mol. The lowest BCUT2D eigenvalue weighted by atomic mass is 10.1. The number of benzene rings is 1. The Morgan fingerprint density at radius 2 is 2.11 bits per heavy atom. The van der Waals surface area contributed by atoms with E-state index in [1.165, 1.54) is 0 Å². The predicted octanol–water partition coefficient (Wildman–Crippen LogP) is 2.87. The smallest absolute Gasteiger partial charge is 0.271 e. The summed E-state index contributed by atoms with van der Waals surface area (Å²) in [4.78, 5) is 21.2. The van der Waals surface area contributed by atoms with Crippen molar-refractivity contribution in [3.8, 4) is 0 Å². The standard InChI is InChI=1S/C21H22N6O/c1-14(10-16-6-5-9-22-12-16)23-21(28)19-11-17(25-26-19)13-27-15(2)24-18-7-3-4-8-20(18)27/h3-9,11-12,14H,10,13H2,1-2H3,(H,23,28)(H,25,26)/t14-/m1/s1. The molecule has 142 valence electrons. The number of aromatic amines is 1. The molecule has 0 saturated heterocycles. The molecule has 1 amide bonds. The van der Waals surface area contributed by atoms with Gasteiger partial charge >= 0.3 is 0 Å². The van der Waals surface area contributed by atoms with Gasteiger partial charge in [-0.05, 0) is 50.1 Å². The number of amides is 1. The molecular weight excluding hydrogens is 352 g/mol. The van der Waals surface area contributed by atoms with E-state index >= 15 is 0 Å². The Morgan fingerprint density at radius 1 is 1.25 bits per heavy atom. The highest BCUT2D eigenvalue weighted by molar-refractivity contribution is 5.92. The van der Waals surface area contributed by atoms with E-state index in [9.17, 15) is 4.79 Å². The number of pyridine rings is 1. The van der Waals surface area contributed by atoms with Gasteiger partial charge in [-0.3, -0.25) is 14.9 Å². The van der Waals surface area contributed by atoms with E-state index in [2.05, 4.69) is 30.0 Å². The van der Waals surface area contributed by atoms with Gasteiger partial charge in [-0.25, -0.2) is 4.98 Å². The number of hydrogen-bond acceptors (Lipinski definition) is 4. The Labute approximate surface area is 162 Å². The first kappa shape index (κ1) is 17.9. The summed E-state index contributed by atoms with van der Waals surface area (Å²) in [5.41, 5.74) is 4.35. The number of carbonyl (C=O) groups is 1. The first-order chi connectivity index (χ1) is 13.6. The largest absolute Gasteiger partial charge is 0.348 e. The van der Waals surface area contributed by atoms with Gasteiger partial charge in [0.25, 0.3) is 5.91 Å². The predicted molar refractivity (Wildman–Crippen MR) is 107 cm³/mol. The lowest BCUT2D eigenvalue weighted by Crippen LogP contribution is -2.34.